The molecule has 19 heavy (non-hydrogen) atoms. The number of benzene rings is 1. The zero-order valence-electron chi connectivity index (χ0n) is 10.7. The van der Waals surface area contributed by atoms with E-state index in [0.29, 0.717) is 18.2 Å². The maximum Gasteiger partial charge on any atom is 0.295 e. The van der Waals surface area contributed by atoms with Gasteiger partial charge in [0.25, 0.3) is 5.69 Å². The third-order valence-corrected chi connectivity index (χ3v) is 3.66. The average Bonchev–Trinajstić information content (AvgIpc) is 2.40. The number of nitrogens with two attached hydrogens (primary N) is 1. The Labute approximate surface area is 111 Å². The van der Waals surface area contributed by atoms with E-state index in [1.54, 1.807) is 0 Å². The molecule has 0 saturated carbocycles. The summed E-state index contributed by atoms with van der Waals surface area (Å²) in [4.78, 5) is 12.4. The van der Waals surface area contributed by atoms with Crippen LogP contribution < -0.4 is 10.6 Å². The first-order chi connectivity index (χ1) is 9.11. The molecule has 2 N–H and O–H groups in total. The molecule has 104 valence electrons. The topological polar surface area (TPSA) is 72.4 Å². The fourth-order valence-corrected chi connectivity index (χ4v) is 2.61. The summed E-state index contributed by atoms with van der Waals surface area (Å²) in [6.07, 6.45) is 2.96. The molecule has 0 radical (unpaired) electrons. The summed E-state index contributed by atoms with van der Waals surface area (Å²) in [6, 6.07) is 3.76. The lowest BCUT2D eigenvalue weighted by molar-refractivity contribution is -0.384. The van der Waals surface area contributed by atoms with Crippen LogP contribution >= 0.6 is 0 Å². The van der Waals surface area contributed by atoms with Crippen molar-refractivity contribution in [2.45, 2.75) is 19.3 Å². The van der Waals surface area contributed by atoms with Crippen LogP contribution in [0.1, 0.15) is 19.3 Å². The number of halogens is 1. The molecule has 1 aromatic carbocycles. The van der Waals surface area contributed by atoms with Crippen LogP contribution in [0.25, 0.3) is 0 Å². The van der Waals surface area contributed by atoms with Crippen molar-refractivity contribution in [3.63, 3.8) is 0 Å². The molecule has 1 saturated heterocycles. The standard InChI is InChI=1S/C13H18FN3O2/c14-11-1-2-12(13(9-11)17(18)19)16-7-4-10(3-6-15)5-8-16/h1-2,9-10H,3-8,15H2. The quantitative estimate of drug-likeness (QED) is 0.671. The van der Waals surface area contributed by atoms with E-state index < -0.39 is 10.7 Å². The molecule has 0 unspecified atom stereocenters. The molecule has 1 aromatic rings. The van der Waals surface area contributed by atoms with Crippen molar-refractivity contribution in [3.05, 3.63) is 34.1 Å². The molecule has 0 aromatic heterocycles. The number of hydrogen-bond acceptors (Lipinski definition) is 4. The second kappa shape index (κ2) is 5.97. The van der Waals surface area contributed by atoms with Crippen molar-refractivity contribution in [1.82, 2.24) is 0 Å². The molecule has 0 amide bonds. The van der Waals surface area contributed by atoms with Crippen LogP contribution in [0, 0.1) is 21.8 Å². The number of hydrogen-bond donors (Lipinski definition) is 1. The highest BCUT2D eigenvalue weighted by Gasteiger charge is 2.24. The van der Waals surface area contributed by atoms with Gasteiger partial charge in [-0.2, -0.15) is 0 Å². The van der Waals surface area contributed by atoms with Gasteiger partial charge in [-0.15, -0.1) is 0 Å². The van der Waals surface area contributed by atoms with Crippen LogP contribution in [0.15, 0.2) is 18.2 Å². The molecule has 0 atom stereocenters. The van der Waals surface area contributed by atoms with Crippen LogP contribution in [0.3, 0.4) is 0 Å². The Morgan fingerprint density at radius 3 is 2.68 bits per heavy atom. The largest absolute Gasteiger partial charge is 0.366 e. The normalized spacial score (nSPS) is 16.6. The van der Waals surface area contributed by atoms with Gasteiger partial charge in [0.15, 0.2) is 0 Å². The van der Waals surface area contributed by atoms with Crippen molar-refractivity contribution in [2.75, 3.05) is 24.5 Å². The number of nitro groups is 1. The van der Waals surface area contributed by atoms with Gasteiger partial charge >= 0.3 is 0 Å². The molecule has 0 bridgehead atoms. The Morgan fingerprint density at radius 1 is 1.42 bits per heavy atom. The monoisotopic (exact) mass is 267 g/mol. The Hall–Kier alpha value is -1.69. The summed E-state index contributed by atoms with van der Waals surface area (Å²) in [5.74, 6) is 0.0224. The Kier molecular flexibility index (Phi) is 4.31. The minimum atomic E-state index is -0.575. The molecule has 1 heterocycles. The van der Waals surface area contributed by atoms with Crippen LogP contribution in [0.4, 0.5) is 15.8 Å². The lowest BCUT2D eigenvalue weighted by atomic mass is 9.93. The van der Waals surface area contributed by atoms with Crippen molar-refractivity contribution in [2.24, 2.45) is 11.7 Å². The summed E-state index contributed by atoms with van der Waals surface area (Å²) in [5.41, 5.74) is 5.90. The van der Waals surface area contributed by atoms with E-state index in [2.05, 4.69) is 0 Å². The van der Waals surface area contributed by atoms with Crippen LogP contribution in [0.5, 0.6) is 0 Å². The highest BCUT2D eigenvalue weighted by atomic mass is 19.1. The molecule has 1 aliphatic heterocycles. The number of nitro benzene ring substituents is 1. The summed E-state index contributed by atoms with van der Waals surface area (Å²) < 4.78 is 13.1. The number of piperidine rings is 1. The lowest BCUT2D eigenvalue weighted by Crippen LogP contribution is -2.34. The molecular weight excluding hydrogens is 249 g/mol. The SMILES string of the molecule is NCCC1CCN(c2ccc(F)cc2[N+](=O)[O-])CC1. The summed E-state index contributed by atoms with van der Waals surface area (Å²) in [7, 11) is 0. The third-order valence-electron chi connectivity index (χ3n) is 3.66. The van der Waals surface area contributed by atoms with Gasteiger partial charge in [-0.3, -0.25) is 10.1 Å². The maximum absolute atomic E-state index is 13.1. The number of nitrogens with zero attached hydrogens (tertiary/aromatic N) is 2. The van der Waals surface area contributed by atoms with E-state index >= 15 is 0 Å². The Bertz CT molecular complexity index is 459. The fraction of sp³-hybridized carbons (Fsp3) is 0.538. The van der Waals surface area contributed by atoms with E-state index in [-0.39, 0.29) is 5.69 Å². The molecule has 5 nitrogen and oxygen atoms in total. The molecule has 1 aliphatic rings. The summed E-state index contributed by atoms with van der Waals surface area (Å²) in [6.45, 7) is 2.20. The van der Waals surface area contributed by atoms with Crippen molar-refractivity contribution < 1.29 is 9.31 Å². The Balaban J connectivity index is 2.13. The molecule has 2 rings (SSSR count). The molecule has 0 spiro atoms. The zero-order chi connectivity index (χ0) is 13.8. The smallest absolute Gasteiger partial charge is 0.295 e. The van der Waals surface area contributed by atoms with Gasteiger partial charge in [0.2, 0.25) is 0 Å². The first-order valence-corrected chi connectivity index (χ1v) is 6.50. The van der Waals surface area contributed by atoms with Gasteiger partial charge in [-0.05, 0) is 43.9 Å². The summed E-state index contributed by atoms with van der Waals surface area (Å²) >= 11 is 0. The molecule has 6 heteroatoms. The van der Waals surface area contributed by atoms with Gasteiger partial charge in [0.1, 0.15) is 11.5 Å². The second-order valence-corrected chi connectivity index (χ2v) is 4.90. The van der Waals surface area contributed by atoms with Crippen molar-refractivity contribution in [3.8, 4) is 0 Å². The predicted molar refractivity (Wildman–Crippen MR) is 71.7 cm³/mol. The van der Waals surface area contributed by atoms with E-state index in [0.717, 1.165) is 38.4 Å². The van der Waals surface area contributed by atoms with E-state index in [1.807, 2.05) is 4.90 Å². The van der Waals surface area contributed by atoms with Crippen LogP contribution in [-0.4, -0.2) is 24.6 Å². The Morgan fingerprint density at radius 2 is 2.11 bits per heavy atom. The first kappa shape index (κ1) is 13.7. The van der Waals surface area contributed by atoms with Crippen molar-refractivity contribution in [1.29, 1.82) is 0 Å². The van der Waals surface area contributed by atoms with E-state index in [9.17, 15) is 14.5 Å². The number of anilines is 1. The maximum atomic E-state index is 13.1. The van der Waals surface area contributed by atoms with Gasteiger partial charge in [-0.25, -0.2) is 4.39 Å². The van der Waals surface area contributed by atoms with Gasteiger partial charge in [0, 0.05) is 13.1 Å². The summed E-state index contributed by atoms with van der Waals surface area (Å²) in [5, 5.41) is 11.0. The molecular formula is C13H18FN3O2. The number of rotatable bonds is 4. The van der Waals surface area contributed by atoms with Gasteiger partial charge < -0.3 is 10.6 Å². The average molecular weight is 267 g/mol. The van der Waals surface area contributed by atoms with E-state index in [1.165, 1.54) is 12.1 Å². The van der Waals surface area contributed by atoms with Crippen molar-refractivity contribution >= 4 is 11.4 Å². The first-order valence-electron chi connectivity index (χ1n) is 6.50. The third kappa shape index (κ3) is 3.20. The predicted octanol–water partition coefficient (Wildman–Crippen LogP) is 2.30. The van der Waals surface area contributed by atoms with Gasteiger partial charge in [-0.1, -0.05) is 0 Å². The van der Waals surface area contributed by atoms with Crippen LogP contribution in [0.2, 0.25) is 0 Å². The van der Waals surface area contributed by atoms with E-state index in [4.69, 9.17) is 5.73 Å². The second-order valence-electron chi connectivity index (χ2n) is 4.90. The van der Waals surface area contributed by atoms with Crippen LogP contribution in [-0.2, 0) is 0 Å². The minimum Gasteiger partial charge on any atom is -0.366 e. The fourth-order valence-electron chi connectivity index (χ4n) is 2.61. The lowest BCUT2D eigenvalue weighted by Gasteiger charge is -2.33. The van der Waals surface area contributed by atoms with Gasteiger partial charge in [0.05, 0.1) is 11.0 Å². The highest BCUT2D eigenvalue weighted by Crippen LogP contribution is 2.32. The minimum absolute atomic E-state index is 0.155. The molecule has 0 aliphatic carbocycles. The molecule has 1 fully saturated rings. The highest BCUT2D eigenvalue weighted by molar-refractivity contribution is 5.63. The zero-order valence-corrected chi connectivity index (χ0v) is 10.7.